The minimum absolute atomic E-state index is 0.0191. The highest BCUT2D eigenvalue weighted by Crippen LogP contribution is 2.15. The van der Waals surface area contributed by atoms with Crippen LogP contribution in [0, 0.1) is 0 Å². The fraction of sp³-hybridized carbons (Fsp3) is 0.667. The SMILES string of the molecule is COCCN(Cc1cccs1)C(=O)C1CCCCCN1. The van der Waals surface area contributed by atoms with E-state index in [1.165, 1.54) is 17.7 Å². The molecule has 2 rings (SSSR count). The number of rotatable bonds is 6. The van der Waals surface area contributed by atoms with Crippen LogP contribution in [0.25, 0.3) is 0 Å². The normalized spacial score (nSPS) is 19.6. The molecule has 20 heavy (non-hydrogen) atoms. The van der Waals surface area contributed by atoms with Gasteiger partial charge in [-0.15, -0.1) is 11.3 Å². The number of nitrogens with zero attached hydrogens (tertiary/aromatic N) is 1. The van der Waals surface area contributed by atoms with Gasteiger partial charge in [0.05, 0.1) is 19.2 Å². The molecule has 1 N–H and O–H groups in total. The summed E-state index contributed by atoms with van der Waals surface area (Å²) in [5, 5.41) is 5.44. The highest BCUT2D eigenvalue weighted by Gasteiger charge is 2.24. The zero-order chi connectivity index (χ0) is 14.2. The van der Waals surface area contributed by atoms with Gasteiger partial charge < -0.3 is 15.0 Å². The van der Waals surface area contributed by atoms with Crippen molar-refractivity contribution in [2.75, 3.05) is 26.8 Å². The van der Waals surface area contributed by atoms with Crippen LogP contribution < -0.4 is 5.32 Å². The molecule has 1 aliphatic heterocycles. The maximum absolute atomic E-state index is 12.7. The molecule has 0 aliphatic carbocycles. The molecule has 1 aromatic heterocycles. The van der Waals surface area contributed by atoms with E-state index in [1.807, 2.05) is 11.0 Å². The van der Waals surface area contributed by atoms with E-state index >= 15 is 0 Å². The molecule has 0 bridgehead atoms. The largest absolute Gasteiger partial charge is 0.383 e. The first-order valence-electron chi connectivity index (χ1n) is 7.34. The highest BCUT2D eigenvalue weighted by atomic mass is 32.1. The third-order valence-corrected chi connectivity index (χ3v) is 4.52. The minimum atomic E-state index is -0.0191. The van der Waals surface area contributed by atoms with E-state index in [9.17, 15) is 4.79 Å². The number of methoxy groups -OCH3 is 1. The van der Waals surface area contributed by atoms with Crippen molar-refractivity contribution >= 4 is 17.2 Å². The third kappa shape index (κ3) is 4.58. The van der Waals surface area contributed by atoms with E-state index in [-0.39, 0.29) is 11.9 Å². The van der Waals surface area contributed by atoms with Crippen LogP contribution in [-0.4, -0.2) is 43.7 Å². The van der Waals surface area contributed by atoms with Crippen LogP contribution in [0.15, 0.2) is 17.5 Å². The van der Waals surface area contributed by atoms with Gasteiger partial charge in [-0.05, 0) is 30.8 Å². The van der Waals surface area contributed by atoms with Gasteiger partial charge in [-0.1, -0.05) is 18.9 Å². The maximum atomic E-state index is 12.7. The second-order valence-electron chi connectivity index (χ2n) is 5.19. The first kappa shape index (κ1) is 15.5. The van der Waals surface area contributed by atoms with Crippen molar-refractivity contribution in [1.29, 1.82) is 0 Å². The van der Waals surface area contributed by atoms with Gasteiger partial charge in [-0.2, -0.15) is 0 Å². The van der Waals surface area contributed by atoms with Gasteiger partial charge in [0.2, 0.25) is 5.91 Å². The molecular weight excluding hydrogens is 272 g/mol. The monoisotopic (exact) mass is 296 g/mol. The van der Waals surface area contributed by atoms with Gasteiger partial charge in [-0.25, -0.2) is 0 Å². The first-order chi connectivity index (χ1) is 9.81. The summed E-state index contributed by atoms with van der Waals surface area (Å²) in [7, 11) is 1.68. The van der Waals surface area contributed by atoms with E-state index < -0.39 is 0 Å². The van der Waals surface area contributed by atoms with Crippen molar-refractivity contribution in [3.8, 4) is 0 Å². The molecule has 0 aromatic carbocycles. The Bertz CT molecular complexity index is 387. The Morgan fingerprint density at radius 2 is 2.40 bits per heavy atom. The molecule has 1 fully saturated rings. The Kier molecular flexibility index (Phi) is 6.50. The van der Waals surface area contributed by atoms with Gasteiger partial charge in [0, 0.05) is 18.5 Å². The maximum Gasteiger partial charge on any atom is 0.240 e. The van der Waals surface area contributed by atoms with Gasteiger partial charge in [-0.3, -0.25) is 4.79 Å². The summed E-state index contributed by atoms with van der Waals surface area (Å²) in [6, 6.07) is 4.09. The van der Waals surface area contributed by atoms with Crippen LogP contribution in [0.3, 0.4) is 0 Å². The van der Waals surface area contributed by atoms with Gasteiger partial charge >= 0.3 is 0 Å². The second kappa shape index (κ2) is 8.39. The van der Waals surface area contributed by atoms with E-state index in [4.69, 9.17) is 4.74 Å². The van der Waals surface area contributed by atoms with Gasteiger partial charge in [0.15, 0.2) is 0 Å². The summed E-state index contributed by atoms with van der Waals surface area (Å²) in [5.41, 5.74) is 0. The van der Waals surface area contributed by atoms with E-state index in [2.05, 4.69) is 16.8 Å². The lowest BCUT2D eigenvalue weighted by Gasteiger charge is -2.26. The number of thiophene rings is 1. The summed E-state index contributed by atoms with van der Waals surface area (Å²) in [4.78, 5) is 15.8. The molecule has 112 valence electrons. The number of ether oxygens (including phenoxy) is 1. The van der Waals surface area contributed by atoms with E-state index in [0.717, 1.165) is 19.4 Å². The highest BCUT2D eigenvalue weighted by molar-refractivity contribution is 7.09. The standard InChI is InChI=1S/C15H24N2O2S/c1-19-10-9-17(12-13-6-5-11-20-13)15(18)14-7-3-2-4-8-16-14/h5-6,11,14,16H,2-4,7-10,12H2,1H3. The van der Waals surface area contributed by atoms with Crippen molar-refractivity contribution in [3.63, 3.8) is 0 Å². The first-order valence-corrected chi connectivity index (χ1v) is 8.22. The molecule has 1 aliphatic rings. The predicted molar refractivity (Wildman–Crippen MR) is 81.9 cm³/mol. The number of amides is 1. The van der Waals surface area contributed by atoms with Crippen molar-refractivity contribution in [3.05, 3.63) is 22.4 Å². The molecule has 0 radical (unpaired) electrons. The lowest BCUT2D eigenvalue weighted by atomic mass is 10.1. The molecule has 1 unspecified atom stereocenters. The summed E-state index contributed by atoms with van der Waals surface area (Å²) in [5.74, 6) is 0.220. The van der Waals surface area contributed by atoms with E-state index in [1.54, 1.807) is 18.4 Å². The summed E-state index contributed by atoms with van der Waals surface area (Å²) in [6.07, 6.45) is 4.49. The van der Waals surface area contributed by atoms with Crippen LogP contribution in [0.2, 0.25) is 0 Å². The lowest BCUT2D eigenvalue weighted by Crippen LogP contribution is -2.46. The fourth-order valence-corrected chi connectivity index (χ4v) is 3.24. The Morgan fingerprint density at radius 3 is 3.15 bits per heavy atom. The zero-order valence-corrected chi connectivity index (χ0v) is 13.0. The molecular formula is C15H24N2O2S. The Hall–Kier alpha value is -0.910. The number of carbonyl (C=O) groups is 1. The topological polar surface area (TPSA) is 41.6 Å². The van der Waals surface area contributed by atoms with Crippen LogP contribution in [0.1, 0.15) is 30.6 Å². The Labute approximate surface area is 125 Å². The van der Waals surface area contributed by atoms with Crippen LogP contribution in [0.4, 0.5) is 0 Å². The van der Waals surface area contributed by atoms with Crippen molar-refractivity contribution in [1.82, 2.24) is 10.2 Å². The number of carbonyl (C=O) groups excluding carboxylic acids is 1. The van der Waals surface area contributed by atoms with Crippen molar-refractivity contribution < 1.29 is 9.53 Å². The van der Waals surface area contributed by atoms with Crippen LogP contribution >= 0.6 is 11.3 Å². The molecule has 0 spiro atoms. The molecule has 1 saturated heterocycles. The average Bonchev–Trinajstić information content (AvgIpc) is 2.82. The summed E-state index contributed by atoms with van der Waals surface area (Å²) < 4.78 is 5.14. The number of hydrogen-bond acceptors (Lipinski definition) is 4. The van der Waals surface area contributed by atoms with Gasteiger partial charge in [0.25, 0.3) is 0 Å². The zero-order valence-electron chi connectivity index (χ0n) is 12.1. The minimum Gasteiger partial charge on any atom is -0.383 e. The molecule has 0 saturated carbocycles. The lowest BCUT2D eigenvalue weighted by molar-refractivity contribution is -0.134. The summed E-state index contributed by atoms with van der Waals surface area (Å²) in [6.45, 7) is 2.89. The number of hydrogen-bond donors (Lipinski definition) is 1. The summed E-state index contributed by atoms with van der Waals surface area (Å²) >= 11 is 1.70. The molecule has 1 atom stereocenters. The third-order valence-electron chi connectivity index (χ3n) is 3.66. The van der Waals surface area contributed by atoms with Crippen molar-refractivity contribution in [2.24, 2.45) is 0 Å². The molecule has 1 amide bonds. The molecule has 2 heterocycles. The average molecular weight is 296 g/mol. The Morgan fingerprint density at radius 1 is 1.50 bits per heavy atom. The molecule has 5 heteroatoms. The predicted octanol–water partition coefficient (Wildman–Crippen LogP) is 2.26. The van der Waals surface area contributed by atoms with E-state index in [0.29, 0.717) is 19.7 Å². The van der Waals surface area contributed by atoms with Gasteiger partial charge in [0.1, 0.15) is 0 Å². The number of nitrogens with one attached hydrogen (secondary N) is 1. The fourth-order valence-electron chi connectivity index (χ4n) is 2.52. The van der Waals surface area contributed by atoms with Crippen molar-refractivity contribution in [2.45, 2.75) is 38.3 Å². The second-order valence-corrected chi connectivity index (χ2v) is 6.22. The van der Waals surface area contributed by atoms with Crippen LogP contribution in [-0.2, 0) is 16.1 Å². The molecule has 4 nitrogen and oxygen atoms in total. The Balaban J connectivity index is 1.98. The quantitative estimate of drug-likeness (QED) is 0.875. The smallest absolute Gasteiger partial charge is 0.240 e. The molecule has 1 aromatic rings. The van der Waals surface area contributed by atoms with Crippen LogP contribution in [0.5, 0.6) is 0 Å².